The van der Waals surface area contributed by atoms with Crippen molar-refractivity contribution >= 4 is 27.7 Å². The number of phenols is 1. The molecule has 0 unspecified atom stereocenters. The molecule has 0 aliphatic rings. The number of hydrogen-bond acceptors (Lipinski definition) is 6. The van der Waals surface area contributed by atoms with E-state index in [4.69, 9.17) is 9.29 Å². The summed E-state index contributed by atoms with van der Waals surface area (Å²) in [6.45, 7) is 1.18. The van der Waals surface area contributed by atoms with Gasteiger partial charge in [0.15, 0.2) is 0 Å². The van der Waals surface area contributed by atoms with Crippen molar-refractivity contribution in [2.75, 3.05) is 11.9 Å². The average molecular weight is 441 g/mol. The van der Waals surface area contributed by atoms with E-state index >= 15 is 0 Å². The lowest BCUT2D eigenvalue weighted by Crippen LogP contribution is -2.21. The fraction of sp³-hybridized carbons (Fsp3) is 0.0909. The minimum absolute atomic E-state index is 0.0935. The van der Waals surface area contributed by atoms with E-state index in [1.165, 1.54) is 18.2 Å². The second-order valence-corrected chi connectivity index (χ2v) is 8.31. The zero-order chi connectivity index (χ0) is 22.6. The summed E-state index contributed by atoms with van der Waals surface area (Å²) in [5, 5.41) is 20.8. The largest absolute Gasteiger partial charge is 0.507 e. The van der Waals surface area contributed by atoms with Gasteiger partial charge in [0.2, 0.25) is 0 Å². The molecule has 0 aromatic heterocycles. The number of carbonyl (C=O) groups excluding carboxylic acids is 1. The molecule has 0 saturated heterocycles. The number of aromatic hydroxyl groups is 1. The summed E-state index contributed by atoms with van der Waals surface area (Å²) in [5.41, 5.74) is 2.65. The minimum Gasteiger partial charge on any atom is -0.507 e. The summed E-state index contributed by atoms with van der Waals surface area (Å²) < 4.78 is 29.5. The maximum absolute atomic E-state index is 12.3. The molecule has 0 aliphatic heterocycles. The van der Waals surface area contributed by atoms with E-state index in [2.05, 4.69) is 5.32 Å². The lowest BCUT2D eigenvalue weighted by molar-refractivity contribution is -0.118. The number of benzene rings is 3. The van der Waals surface area contributed by atoms with Crippen LogP contribution in [-0.2, 0) is 19.1 Å². The van der Waals surface area contributed by atoms with Crippen LogP contribution in [0.4, 0.5) is 5.69 Å². The Kier molecular flexibility index (Phi) is 6.38. The lowest BCUT2D eigenvalue weighted by Gasteiger charge is -2.09. The zero-order valence-corrected chi connectivity index (χ0v) is 17.2. The topological polar surface area (TPSA) is 130 Å². The van der Waals surface area contributed by atoms with Crippen LogP contribution in [0.15, 0.2) is 71.6 Å². The Hall–Kier alpha value is -3.69. The van der Waals surface area contributed by atoms with E-state index in [-0.39, 0.29) is 16.1 Å². The molecule has 160 valence electrons. The molecule has 0 bridgehead atoms. The highest BCUT2D eigenvalue weighted by Crippen LogP contribution is 2.23. The number of rotatable bonds is 7. The molecule has 3 aromatic carbocycles. The van der Waals surface area contributed by atoms with Crippen molar-refractivity contribution in [1.29, 1.82) is 0 Å². The molecule has 0 spiro atoms. The van der Waals surface area contributed by atoms with Gasteiger partial charge in [0.25, 0.3) is 16.0 Å². The minimum atomic E-state index is -4.17. The van der Waals surface area contributed by atoms with Crippen LogP contribution in [0.5, 0.6) is 5.75 Å². The van der Waals surface area contributed by atoms with Crippen LogP contribution in [-0.4, -0.2) is 37.1 Å². The molecule has 0 radical (unpaired) electrons. The van der Waals surface area contributed by atoms with Gasteiger partial charge >= 0.3 is 5.97 Å². The van der Waals surface area contributed by atoms with Crippen molar-refractivity contribution < 1.29 is 32.4 Å². The van der Waals surface area contributed by atoms with Crippen LogP contribution in [0, 0.1) is 6.92 Å². The predicted octanol–water partition coefficient (Wildman–Crippen LogP) is 3.41. The van der Waals surface area contributed by atoms with Crippen molar-refractivity contribution in [2.24, 2.45) is 0 Å². The first kappa shape index (κ1) is 22.0. The third kappa shape index (κ3) is 5.47. The summed E-state index contributed by atoms with van der Waals surface area (Å²) >= 11 is 0. The van der Waals surface area contributed by atoms with Crippen LogP contribution in [0.1, 0.15) is 15.9 Å². The molecular weight excluding hydrogens is 422 g/mol. The Balaban J connectivity index is 1.63. The molecule has 8 nitrogen and oxygen atoms in total. The van der Waals surface area contributed by atoms with E-state index in [0.717, 1.165) is 28.8 Å². The first-order chi connectivity index (χ1) is 14.7. The number of anilines is 1. The van der Waals surface area contributed by atoms with Crippen molar-refractivity contribution in [3.05, 3.63) is 77.9 Å². The third-order valence-corrected chi connectivity index (χ3v) is 5.66. The fourth-order valence-corrected chi connectivity index (χ4v) is 3.61. The summed E-state index contributed by atoms with van der Waals surface area (Å²) in [5.74, 6) is -2.65. The van der Waals surface area contributed by atoms with E-state index < -0.39 is 34.4 Å². The standard InChI is InChI=1S/C22H19NO7S/c1-14-2-4-15(5-3-14)16-6-9-18(10-7-16)31(28,29)30-13-21(25)23-17-8-11-19(22(26)27)20(24)12-17/h2-12,24H,13H2,1H3,(H,23,25)(H,26,27). The van der Waals surface area contributed by atoms with Gasteiger partial charge in [-0.25, -0.2) is 4.79 Å². The first-order valence-corrected chi connectivity index (χ1v) is 10.5. The SMILES string of the molecule is Cc1ccc(-c2ccc(S(=O)(=O)OCC(=O)Nc3ccc(C(=O)O)c(O)c3)cc2)cc1. The van der Waals surface area contributed by atoms with Gasteiger partial charge in [-0.05, 0) is 42.3 Å². The maximum Gasteiger partial charge on any atom is 0.339 e. The molecule has 9 heteroatoms. The highest BCUT2D eigenvalue weighted by Gasteiger charge is 2.18. The Bertz CT molecular complexity index is 1220. The second-order valence-electron chi connectivity index (χ2n) is 6.69. The van der Waals surface area contributed by atoms with E-state index in [1.807, 2.05) is 31.2 Å². The number of aryl methyl sites for hydroxylation is 1. The average Bonchev–Trinajstić information content (AvgIpc) is 2.73. The van der Waals surface area contributed by atoms with Crippen molar-refractivity contribution in [3.8, 4) is 16.9 Å². The number of amides is 1. The van der Waals surface area contributed by atoms with Crippen LogP contribution in [0.3, 0.4) is 0 Å². The Morgan fingerprint density at radius 3 is 2.06 bits per heavy atom. The molecule has 3 rings (SSSR count). The van der Waals surface area contributed by atoms with Crippen LogP contribution in [0.2, 0.25) is 0 Å². The molecular formula is C22H19NO7S. The van der Waals surface area contributed by atoms with E-state index in [1.54, 1.807) is 12.1 Å². The Labute approximate surface area is 178 Å². The van der Waals surface area contributed by atoms with E-state index in [9.17, 15) is 23.1 Å². The fourth-order valence-electron chi connectivity index (χ4n) is 2.75. The number of carbonyl (C=O) groups is 2. The quantitative estimate of drug-likeness (QED) is 0.479. The van der Waals surface area contributed by atoms with Gasteiger partial charge in [-0.15, -0.1) is 0 Å². The summed E-state index contributed by atoms with van der Waals surface area (Å²) in [4.78, 5) is 22.8. The molecule has 0 fully saturated rings. The number of carboxylic acids is 1. The van der Waals surface area contributed by atoms with Crippen LogP contribution >= 0.6 is 0 Å². The number of carboxylic acid groups (broad SMARTS) is 1. The molecule has 3 N–H and O–H groups in total. The Morgan fingerprint density at radius 2 is 1.52 bits per heavy atom. The molecule has 3 aromatic rings. The van der Waals surface area contributed by atoms with Gasteiger partial charge in [0.1, 0.15) is 17.9 Å². The third-order valence-electron chi connectivity index (χ3n) is 4.38. The molecule has 0 heterocycles. The van der Waals surface area contributed by atoms with Crippen molar-refractivity contribution in [1.82, 2.24) is 0 Å². The zero-order valence-electron chi connectivity index (χ0n) is 16.4. The smallest absolute Gasteiger partial charge is 0.339 e. The van der Waals surface area contributed by atoms with Crippen LogP contribution < -0.4 is 5.32 Å². The van der Waals surface area contributed by atoms with Gasteiger partial charge in [-0.1, -0.05) is 42.0 Å². The van der Waals surface area contributed by atoms with Gasteiger partial charge in [0.05, 0.1) is 4.90 Å². The molecule has 0 aliphatic carbocycles. The lowest BCUT2D eigenvalue weighted by atomic mass is 10.0. The summed E-state index contributed by atoms with van der Waals surface area (Å²) in [6.07, 6.45) is 0. The highest BCUT2D eigenvalue weighted by atomic mass is 32.2. The van der Waals surface area contributed by atoms with Crippen LogP contribution in [0.25, 0.3) is 11.1 Å². The summed E-state index contributed by atoms with van der Waals surface area (Å²) in [7, 11) is -4.17. The van der Waals surface area contributed by atoms with Gasteiger partial charge in [-0.3, -0.25) is 8.98 Å². The Morgan fingerprint density at radius 1 is 0.935 bits per heavy atom. The number of nitrogens with one attached hydrogen (secondary N) is 1. The molecule has 0 atom stereocenters. The molecule has 1 amide bonds. The van der Waals surface area contributed by atoms with Gasteiger partial charge in [0, 0.05) is 11.8 Å². The first-order valence-electron chi connectivity index (χ1n) is 9.08. The summed E-state index contributed by atoms with van der Waals surface area (Å²) in [6, 6.07) is 17.3. The number of hydrogen-bond donors (Lipinski definition) is 3. The van der Waals surface area contributed by atoms with E-state index in [0.29, 0.717) is 0 Å². The predicted molar refractivity (Wildman–Crippen MR) is 113 cm³/mol. The van der Waals surface area contributed by atoms with Crippen molar-refractivity contribution in [2.45, 2.75) is 11.8 Å². The molecule has 31 heavy (non-hydrogen) atoms. The van der Waals surface area contributed by atoms with Gasteiger partial charge in [-0.2, -0.15) is 8.42 Å². The maximum atomic E-state index is 12.3. The monoisotopic (exact) mass is 441 g/mol. The second kappa shape index (κ2) is 8.99. The highest BCUT2D eigenvalue weighted by molar-refractivity contribution is 7.86. The van der Waals surface area contributed by atoms with Gasteiger partial charge < -0.3 is 15.5 Å². The number of aromatic carboxylic acids is 1. The molecule has 0 saturated carbocycles. The van der Waals surface area contributed by atoms with Crippen molar-refractivity contribution in [3.63, 3.8) is 0 Å². The normalized spacial score (nSPS) is 11.1.